The minimum Gasteiger partial charge on any atom is -0.469 e. The summed E-state index contributed by atoms with van der Waals surface area (Å²) < 4.78 is 5.10. The summed E-state index contributed by atoms with van der Waals surface area (Å²) in [5.74, 6) is -0.463. The molecule has 0 atom stereocenters. The van der Waals surface area contributed by atoms with Crippen LogP contribution in [0.4, 0.5) is 5.69 Å². The molecule has 0 bridgehead atoms. The van der Waals surface area contributed by atoms with Crippen molar-refractivity contribution < 1.29 is 9.53 Å². The quantitative estimate of drug-likeness (QED) is 0.793. The van der Waals surface area contributed by atoms with E-state index < -0.39 is 5.91 Å². The Labute approximate surface area is 98.3 Å². The van der Waals surface area contributed by atoms with Crippen LogP contribution in [-0.4, -0.2) is 5.91 Å². The summed E-state index contributed by atoms with van der Waals surface area (Å²) in [5, 5.41) is 0. The average Bonchev–Trinajstić information content (AvgIpc) is 2.37. The maximum Gasteiger partial charge on any atom is 0.250 e. The first kappa shape index (κ1) is 9.72. The second-order valence-corrected chi connectivity index (χ2v) is 3.78. The summed E-state index contributed by atoms with van der Waals surface area (Å²) >= 11 is 0. The molecule has 84 valence electrons. The number of para-hydroxylation sites is 1. The molecule has 1 aromatic rings. The Morgan fingerprint density at radius 1 is 1.29 bits per heavy atom. The SMILES string of the molecule is NC(=O)C1=Cc2ccccc2N2C=COC=C12. The molecule has 0 fully saturated rings. The lowest BCUT2D eigenvalue weighted by atomic mass is 9.99. The van der Waals surface area contributed by atoms with E-state index in [1.54, 1.807) is 18.5 Å². The highest BCUT2D eigenvalue weighted by Gasteiger charge is 2.26. The van der Waals surface area contributed by atoms with Crippen LogP contribution < -0.4 is 10.6 Å². The number of hydrogen-bond acceptors (Lipinski definition) is 3. The fourth-order valence-electron chi connectivity index (χ4n) is 2.00. The number of carbonyl (C=O) groups is 1. The number of carbonyl (C=O) groups excluding carboxylic acids is 1. The zero-order valence-corrected chi connectivity index (χ0v) is 8.96. The summed E-state index contributed by atoms with van der Waals surface area (Å²) in [5.41, 5.74) is 8.46. The molecule has 2 aliphatic rings. The number of ether oxygens (including phenoxy) is 1. The highest BCUT2D eigenvalue weighted by molar-refractivity contribution is 6.05. The second kappa shape index (κ2) is 3.52. The van der Waals surface area contributed by atoms with Crippen molar-refractivity contribution in [3.05, 3.63) is 59.8 Å². The summed E-state index contributed by atoms with van der Waals surface area (Å²) in [7, 11) is 0. The third-order valence-electron chi connectivity index (χ3n) is 2.77. The van der Waals surface area contributed by atoms with Crippen molar-refractivity contribution in [2.75, 3.05) is 4.90 Å². The molecule has 0 aromatic heterocycles. The van der Waals surface area contributed by atoms with E-state index in [4.69, 9.17) is 10.5 Å². The number of nitrogens with zero attached hydrogens (tertiary/aromatic N) is 1. The monoisotopic (exact) mass is 226 g/mol. The van der Waals surface area contributed by atoms with E-state index in [1.165, 1.54) is 6.26 Å². The predicted molar refractivity (Wildman–Crippen MR) is 64.4 cm³/mol. The Bertz CT molecular complexity index is 585. The number of rotatable bonds is 1. The van der Waals surface area contributed by atoms with Crippen LogP contribution in [0.2, 0.25) is 0 Å². The number of amides is 1. The van der Waals surface area contributed by atoms with Crippen LogP contribution in [0.15, 0.2) is 54.3 Å². The molecule has 0 saturated heterocycles. The molecule has 3 rings (SSSR count). The molecule has 0 unspecified atom stereocenters. The lowest BCUT2D eigenvalue weighted by Gasteiger charge is -2.31. The van der Waals surface area contributed by atoms with Gasteiger partial charge in [-0.2, -0.15) is 0 Å². The molecule has 1 amide bonds. The molecule has 2 aliphatic heterocycles. The Kier molecular flexibility index (Phi) is 2.01. The molecule has 0 aliphatic carbocycles. The molecular formula is C13H10N2O2. The van der Waals surface area contributed by atoms with E-state index in [0.29, 0.717) is 11.3 Å². The lowest BCUT2D eigenvalue weighted by Crippen LogP contribution is -2.29. The maximum atomic E-state index is 11.4. The summed E-state index contributed by atoms with van der Waals surface area (Å²) in [6.45, 7) is 0. The van der Waals surface area contributed by atoms with E-state index in [1.807, 2.05) is 29.2 Å². The highest BCUT2D eigenvalue weighted by Crippen LogP contribution is 2.36. The Hall–Kier alpha value is -2.49. The van der Waals surface area contributed by atoms with Crippen molar-refractivity contribution >= 4 is 17.7 Å². The zero-order chi connectivity index (χ0) is 11.8. The van der Waals surface area contributed by atoms with Crippen LogP contribution in [0.5, 0.6) is 0 Å². The van der Waals surface area contributed by atoms with Crippen molar-refractivity contribution in [3.8, 4) is 0 Å². The fourth-order valence-corrected chi connectivity index (χ4v) is 2.00. The van der Waals surface area contributed by atoms with Gasteiger partial charge >= 0.3 is 0 Å². The molecule has 0 spiro atoms. The molecule has 17 heavy (non-hydrogen) atoms. The van der Waals surface area contributed by atoms with Crippen LogP contribution in [-0.2, 0) is 9.53 Å². The van der Waals surface area contributed by atoms with Crippen LogP contribution in [0.3, 0.4) is 0 Å². The molecular weight excluding hydrogens is 216 g/mol. The van der Waals surface area contributed by atoms with E-state index >= 15 is 0 Å². The highest BCUT2D eigenvalue weighted by atomic mass is 16.5. The molecule has 4 nitrogen and oxygen atoms in total. The van der Waals surface area contributed by atoms with Crippen LogP contribution in [0, 0.1) is 0 Å². The molecule has 4 heteroatoms. The van der Waals surface area contributed by atoms with E-state index in [2.05, 4.69) is 0 Å². The van der Waals surface area contributed by atoms with Crippen molar-refractivity contribution in [1.82, 2.24) is 0 Å². The summed E-state index contributed by atoms with van der Waals surface area (Å²) in [6.07, 6.45) is 6.63. The van der Waals surface area contributed by atoms with Gasteiger partial charge in [0.15, 0.2) is 0 Å². The lowest BCUT2D eigenvalue weighted by molar-refractivity contribution is -0.114. The number of nitrogens with two attached hydrogens (primary N) is 1. The van der Waals surface area contributed by atoms with Crippen molar-refractivity contribution in [1.29, 1.82) is 0 Å². The van der Waals surface area contributed by atoms with Gasteiger partial charge in [-0.25, -0.2) is 0 Å². The number of fused-ring (bicyclic) bond motifs is 3. The molecule has 0 saturated carbocycles. The Morgan fingerprint density at radius 3 is 2.94 bits per heavy atom. The van der Waals surface area contributed by atoms with Gasteiger partial charge in [-0.15, -0.1) is 0 Å². The fraction of sp³-hybridized carbons (Fsp3) is 0. The number of benzene rings is 1. The van der Waals surface area contributed by atoms with Gasteiger partial charge in [-0.05, 0) is 17.7 Å². The van der Waals surface area contributed by atoms with Crippen LogP contribution >= 0.6 is 0 Å². The van der Waals surface area contributed by atoms with Gasteiger partial charge in [0.05, 0.1) is 17.0 Å². The Morgan fingerprint density at radius 2 is 2.12 bits per heavy atom. The summed E-state index contributed by atoms with van der Waals surface area (Å²) in [4.78, 5) is 13.3. The van der Waals surface area contributed by atoms with Gasteiger partial charge in [0, 0.05) is 6.20 Å². The first-order chi connectivity index (χ1) is 8.27. The van der Waals surface area contributed by atoms with E-state index in [0.717, 1.165) is 11.3 Å². The van der Waals surface area contributed by atoms with Crippen LogP contribution in [0.25, 0.3) is 6.08 Å². The normalized spacial score (nSPS) is 16.4. The smallest absolute Gasteiger partial charge is 0.250 e. The van der Waals surface area contributed by atoms with Gasteiger partial charge in [0.1, 0.15) is 12.5 Å². The maximum absolute atomic E-state index is 11.4. The second-order valence-electron chi connectivity index (χ2n) is 3.78. The minimum absolute atomic E-state index is 0.452. The zero-order valence-electron chi connectivity index (χ0n) is 8.96. The first-order valence-corrected chi connectivity index (χ1v) is 5.20. The Balaban J connectivity index is 2.24. The number of primary amides is 1. The largest absolute Gasteiger partial charge is 0.469 e. The third-order valence-corrected chi connectivity index (χ3v) is 2.77. The van der Waals surface area contributed by atoms with Gasteiger partial charge in [-0.1, -0.05) is 18.2 Å². The topological polar surface area (TPSA) is 55.6 Å². The minimum atomic E-state index is -0.463. The average molecular weight is 226 g/mol. The predicted octanol–water partition coefficient (Wildman–Crippen LogP) is 1.72. The standard InChI is InChI=1S/C13H10N2O2/c14-13(16)10-7-9-3-1-2-4-11(9)15-5-6-17-8-12(10)15/h1-8H,(H2,14,16). The van der Waals surface area contributed by atoms with Gasteiger partial charge in [-0.3, -0.25) is 4.79 Å². The van der Waals surface area contributed by atoms with Crippen LogP contribution in [0.1, 0.15) is 5.56 Å². The third kappa shape index (κ3) is 1.42. The summed E-state index contributed by atoms with van der Waals surface area (Å²) in [6, 6.07) is 7.79. The van der Waals surface area contributed by atoms with Gasteiger partial charge in [0.2, 0.25) is 0 Å². The number of hydrogen-bond donors (Lipinski definition) is 1. The molecule has 2 heterocycles. The number of anilines is 1. The van der Waals surface area contributed by atoms with Gasteiger partial charge in [0.25, 0.3) is 5.91 Å². The van der Waals surface area contributed by atoms with Crippen molar-refractivity contribution in [2.24, 2.45) is 5.73 Å². The first-order valence-electron chi connectivity index (χ1n) is 5.20. The van der Waals surface area contributed by atoms with E-state index in [9.17, 15) is 4.79 Å². The van der Waals surface area contributed by atoms with Gasteiger partial charge < -0.3 is 15.4 Å². The van der Waals surface area contributed by atoms with Crippen molar-refractivity contribution in [2.45, 2.75) is 0 Å². The van der Waals surface area contributed by atoms with E-state index in [-0.39, 0.29) is 0 Å². The molecule has 1 aromatic carbocycles. The molecule has 2 N–H and O–H groups in total. The molecule has 0 radical (unpaired) electrons. The van der Waals surface area contributed by atoms with Crippen molar-refractivity contribution in [3.63, 3.8) is 0 Å².